The Morgan fingerprint density at radius 3 is 2.48 bits per heavy atom. The summed E-state index contributed by atoms with van der Waals surface area (Å²) in [7, 11) is 0. The number of pyridine rings is 1. The number of halogens is 2. The summed E-state index contributed by atoms with van der Waals surface area (Å²) in [5.41, 5.74) is 7.12. The van der Waals surface area contributed by atoms with Gasteiger partial charge in [0.15, 0.2) is 0 Å². The Morgan fingerprint density at radius 1 is 0.950 bits per heavy atom. The largest absolute Gasteiger partial charge is 0.481 e. The van der Waals surface area contributed by atoms with E-state index in [0.717, 1.165) is 6.07 Å². The lowest BCUT2D eigenvalue weighted by atomic mass is 10.2. The zero-order valence-electron chi connectivity index (χ0n) is 20.8. The molecule has 40 heavy (non-hydrogen) atoms. The van der Waals surface area contributed by atoms with Crippen molar-refractivity contribution in [2.45, 2.75) is 13.0 Å². The van der Waals surface area contributed by atoms with Crippen LogP contribution in [-0.2, 0) is 11.3 Å². The van der Waals surface area contributed by atoms with Crippen LogP contribution in [0.4, 0.5) is 25.0 Å². The fourth-order valence-corrected chi connectivity index (χ4v) is 3.55. The lowest BCUT2D eigenvalue weighted by Crippen LogP contribution is -2.25. The Labute approximate surface area is 226 Å². The van der Waals surface area contributed by atoms with Crippen LogP contribution in [0.15, 0.2) is 67.0 Å². The molecule has 0 unspecified atom stereocenters. The molecule has 2 aromatic carbocycles. The van der Waals surface area contributed by atoms with Crippen molar-refractivity contribution in [1.82, 2.24) is 15.3 Å². The standard InChI is InChI=1S/C27H24F2N6O5/c28-19-3-1-15(13-30)9-22(19)35-27(39)34-21-4-2-17(11-20(21)29)40-18-5-7-31-24(12-18)23-10-16(14-33-23)26(38)32-8-6-25(36)37/h1-5,7,9-12,14,33H,6,8,13,30H2,(H,32,38)(H,36,37)(H2,34,35,39). The first kappa shape index (κ1) is 27.7. The third-order valence-electron chi connectivity index (χ3n) is 5.52. The van der Waals surface area contributed by atoms with Crippen LogP contribution in [0.25, 0.3) is 11.4 Å². The molecule has 4 rings (SSSR count). The second kappa shape index (κ2) is 12.5. The lowest BCUT2D eigenvalue weighted by Gasteiger charge is -2.12. The van der Waals surface area contributed by atoms with Gasteiger partial charge in [-0.3, -0.25) is 14.6 Å². The summed E-state index contributed by atoms with van der Waals surface area (Å²) in [4.78, 5) is 42.2. The van der Waals surface area contributed by atoms with E-state index in [2.05, 4.69) is 25.9 Å². The highest BCUT2D eigenvalue weighted by molar-refractivity contribution is 6.00. The molecule has 7 N–H and O–H groups in total. The number of nitrogens with zero attached hydrogens (tertiary/aromatic N) is 1. The molecule has 2 heterocycles. The summed E-state index contributed by atoms with van der Waals surface area (Å²) in [6, 6.07) is 11.7. The van der Waals surface area contributed by atoms with Crippen molar-refractivity contribution in [3.63, 3.8) is 0 Å². The van der Waals surface area contributed by atoms with Gasteiger partial charge in [-0.2, -0.15) is 0 Å². The Kier molecular flexibility index (Phi) is 8.66. The Morgan fingerprint density at radius 2 is 1.73 bits per heavy atom. The molecule has 0 saturated heterocycles. The number of nitrogens with two attached hydrogens (primary N) is 1. The summed E-state index contributed by atoms with van der Waals surface area (Å²) >= 11 is 0. The second-order valence-electron chi connectivity index (χ2n) is 8.42. The number of hydrogen-bond acceptors (Lipinski definition) is 6. The smallest absolute Gasteiger partial charge is 0.323 e. The summed E-state index contributed by atoms with van der Waals surface area (Å²) in [6.45, 7) is 0.151. The monoisotopic (exact) mass is 550 g/mol. The predicted molar refractivity (Wildman–Crippen MR) is 142 cm³/mol. The number of nitrogens with one attached hydrogen (secondary N) is 4. The number of aliphatic carboxylic acids is 1. The third kappa shape index (κ3) is 7.17. The number of carbonyl (C=O) groups excluding carboxylic acids is 2. The summed E-state index contributed by atoms with van der Waals surface area (Å²) in [6.07, 6.45) is 2.73. The SMILES string of the molecule is NCc1ccc(F)c(NC(=O)Nc2ccc(Oc3ccnc(-c4cc(C(=O)NCCC(=O)O)c[nH]4)c3)cc2F)c1. The highest BCUT2D eigenvalue weighted by Crippen LogP contribution is 2.28. The van der Waals surface area contributed by atoms with Crippen LogP contribution in [0.5, 0.6) is 11.5 Å². The first-order valence-electron chi connectivity index (χ1n) is 11.9. The number of anilines is 2. The number of aromatic nitrogens is 2. The van der Waals surface area contributed by atoms with Gasteiger partial charge in [-0.25, -0.2) is 13.6 Å². The average molecular weight is 551 g/mol. The minimum Gasteiger partial charge on any atom is -0.481 e. The van der Waals surface area contributed by atoms with Crippen molar-refractivity contribution in [3.05, 3.63) is 89.8 Å². The minimum absolute atomic E-state index is 0.00694. The molecule has 0 bridgehead atoms. The Bertz CT molecular complexity index is 1560. The van der Waals surface area contributed by atoms with Crippen LogP contribution >= 0.6 is 0 Å². The minimum atomic E-state index is -1.02. The number of rotatable bonds is 10. The number of urea groups is 1. The molecule has 0 atom stereocenters. The normalized spacial score (nSPS) is 10.6. The van der Waals surface area contributed by atoms with Crippen LogP contribution in [-0.4, -0.2) is 39.5 Å². The van der Waals surface area contributed by atoms with Crippen LogP contribution < -0.4 is 26.4 Å². The zero-order valence-corrected chi connectivity index (χ0v) is 20.8. The van der Waals surface area contributed by atoms with Crippen LogP contribution in [0.3, 0.4) is 0 Å². The van der Waals surface area contributed by atoms with Crippen LogP contribution in [0, 0.1) is 11.6 Å². The number of hydrogen-bond donors (Lipinski definition) is 6. The fourth-order valence-electron chi connectivity index (χ4n) is 3.55. The van der Waals surface area contributed by atoms with E-state index in [4.69, 9.17) is 15.6 Å². The van der Waals surface area contributed by atoms with Crippen molar-refractivity contribution >= 4 is 29.3 Å². The van der Waals surface area contributed by atoms with E-state index in [1.807, 2.05) is 0 Å². The number of H-pyrrole nitrogens is 1. The van der Waals surface area contributed by atoms with Gasteiger partial charge < -0.3 is 36.5 Å². The first-order valence-corrected chi connectivity index (χ1v) is 11.9. The van der Waals surface area contributed by atoms with Gasteiger partial charge in [0.05, 0.1) is 34.7 Å². The molecular formula is C27H24F2N6O5. The molecule has 0 aliphatic carbocycles. The quantitative estimate of drug-likeness (QED) is 0.169. The number of carboxylic acids is 1. The van der Waals surface area contributed by atoms with Crippen LogP contribution in [0.2, 0.25) is 0 Å². The van der Waals surface area contributed by atoms with Crippen molar-refractivity contribution < 1.29 is 33.0 Å². The lowest BCUT2D eigenvalue weighted by molar-refractivity contribution is -0.136. The molecule has 0 aliphatic rings. The maximum absolute atomic E-state index is 14.7. The first-order chi connectivity index (χ1) is 19.2. The van der Waals surface area contributed by atoms with Gasteiger partial charge in [-0.05, 0) is 42.0 Å². The van der Waals surface area contributed by atoms with Gasteiger partial charge in [-0.15, -0.1) is 0 Å². The molecule has 11 nitrogen and oxygen atoms in total. The van der Waals surface area contributed by atoms with E-state index in [1.165, 1.54) is 42.7 Å². The number of benzene rings is 2. The molecule has 2 aromatic heterocycles. The molecular weight excluding hydrogens is 526 g/mol. The molecule has 0 spiro atoms. The van der Waals surface area contributed by atoms with Gasteiger partial charge in [0, 0.05) is 37.6 Å². The van der Waals surface area contributed by atoms with E-state index in [-0.39, 0.29) is 42.2 Å². The molecule has 0 radical (unpaired) electrons. The topological polar surface area (TPSA) is 171 Å². The number of aromatic amines is 1. The Balaban J connectivity index is 1.39. The van der Waals surface area contributed by atoms with Crippen molar-refractivity contribution in [2.24, 2.45) is 5.73 Å². The molecule has 4 aromatic rings. The number of amides is 3. The van der Waals surface area contributed by atoms with E-state index in [1.54, 1.807) is 18.2 Å². The van der Waals surface area contributed by atoms with Crippen molar-refractivity contribution in [2.75, 3.05) is 17.2 Å². The Hall–Kier alpha value is -5.30. The van der Waals surface area contributed by atoms with E-state index < -0.39 is 29.5 Å². The van der Waals surface area contributed by atoms with Crippen LogP contribution in [0.1, 0.15) is 22.3 Å². The average Bonchev–Trinajstić information content (AvgIpc) is 3.42. The number of ether oxygens (including phenoxy) is 1. The van der Waals surface area contributed by atoms with Gasteiger partial charge in [-0.1, -0.05) is 6.07 Å². The number of carbonyl (C=O) groups is 3. The molecule has 0 fully saturated rings. The van der Waals surface area contributed by atoms with Crippen molar-refractivity contribution in [1.29, 1.82) is 0 Å². The molecule has 13 heteroatoms. The third-order valence-corrected chi connectivity index (χ3v) is 5.52. The van der Waals surface area contributed by atoms with Crippen molar-refractivity contribution in [3.8, 4) is 22.9 Å². The maximum atomic E-state index is 14.7. The maximum Gasteiger partial charge on any atom is 0.323 e. The van der Waals surface area contributed by atoms with Gasteiger partial charge in [0.25, 0.3) is 5.91 Å². The number of carboxylic acid groups (broad SMARTS) is 1. The van der Waals surface area contributed by atoms with E-state index in [9.17, 15) is 23.2 Å². The fraction of sp³-hybridized carbons (Fsp3) is 0.111. The molecule has 206 valence electrons. The molecule has 0 aliphatic heterocycles. The summed E-state index contributed by atoms with van der Waals surface area (Å²) < 4.78 is 34.4. The zero-order chi connectivity index (χ0) is 28.6. The summed E-state index contributed by atoms with van der Waals surface area (Å²) in [5, 5.41) is 15.8. The van der Waals surface area contributed by atoms with Gasteiger partial charge in [0.2, 0.25) is 0 Å². The molecule has 0 saturated carbocycles. The highest BCUT2D eigenvalue weighted by atomic mass is 19.1. The predicted octanol–water partition coefficient (Wildman–Crippen LogP) is 4.45. The molecule has 3 amide bonds. The van der Waals surface area contributed by atoms with Gasteiger partial charge >= 0.3 is 12.0 Å². The van der Waals surface area contributed by atoms with E-state index >= 15 is 0 Å². The second-order valence-corrected chi connectivity index (χ2v) is 8.42. The van der Waals surface area contributed by atoms with Gasteiger partial charge in [0.1, 0.15) is 23.1 Å². The van der Waals surface area contributed by atoms with E-state index in [0.29, 0.717) is 22.7 Å². The summed E-state index contributed by atoms with van der Waals surface area (Å²) in [5.74, 6) is -2.46. The highest BCUT2D eigenvalue weighted by Gasteiger charge is 2.14.